The second-order valence-electron chi connectivity index (χ2n) is 13.2. The Labute approximate surface area is 287 Å². The first kappa shape index (κ1) is 34.5. The number of hydrogen-bond donors (Lipinski definition) is 2. The number of rotatable bonds is 10. The van der Waals surface area contributed by atoms with Crippen molar-refractivity contribution in [2.45, 2.75) is 53.5 Å². The Morgan fingerprint density at radius 1 is 1.00 bits per heavy atom. The molecule has 6 rings (SSSR count). The Morgan fingerprint density at radius 3 is 2.43 bits per heavy atom. The standard InChI is InChI=1S/C39H46N4O6/c1-10-26-23(4)32-17-36-28-13-11-25(19-48-46-8)29(20-49-47-9)39(28,6)37(43-36)18-33-22(3)21(2)30(40-33)15-35-27(12-14-38(44)45-7)24(5)31(42-35)16-34(26)41-32/h10-11,13,15-18,24,29,31,40,42H,1,12,14,19-20H2,2-9H3/b30-15-,33-18-,34-16-,36-17-. The minimum Gasteiger partial charge on any atom is -0.469 e. The summed E-state index contributed by atoms with van der Waals surface area (Å²) in [4.78, 5) is 47.6. The minimum absolute atomic E-state index is 0.0393. The fourth-order valence-corrected chi connectivity index (χ4v) is 7.61. The van der Waals surface area contributed by atoms with E-state index in [-0.39, 0.29) is 37.1 Å². The van der Waals surface area contributed by atoms with E-state index in [2.05, 4.69) is 88.0 Å². The zero-order valence-corrected chi connectivity index (χ0v) is 29.7. The first-order chi connectivity index (χ1) is 23.5. The number of H-pyrrole nitrogens is 1. The van der Waals surface area contributed by atoms with Crippen molar-refractivity contribution in [1.82, 2.24) is 10.3 Å². The van der Waals surface area contributed by atoms with E-state index in [0.717, 1.165) is 72.6 Å². The smallest absolute Gasteiger partial charge is 0.305 e. The topological polar surface area (TPSA) is 116 Å². The van der Waals surface area contributed by atoms with Crippen molar-refractivity contribution in [2.24, 2.45) is 27.2 Å². The van der Waals surface area contributed by atoms with Crippen molar-refractivity contribution in [2.75, 3.05) is 34.5 Å². The normalized spacial score (nSPS) is 29.2. The van der Waals surface area contributed by atoms with E-state index in [1.807, 2.05) is 6.08 Å². The van der Waals surface area contributed by atoms with E-state index in [0.29, 0.717) is 12.8 Å². The van der Waals surface area contributed by atoms with Crippen LogP contribution in [0.3, 0.4) is 0 Å². The number of carbonyl (C=O) groups excluding carboxylic acids is 1. The van der Waals surface area contributed by atoms with Crippen molar-refractivity contribution < 1.29 is 29.1 Å². The summed E-state index contributed by atoms with van der Waals surface area (Å²) >= 11 is 0. The fraction of sp³-hybridized carbons (Fsp3) is 0.410. The molecule has 0 aromatic carbocycles. The van der Waals surface area contributed by atoms with Gasteiger partial charge in [-0.25, -0.2) is 24.5 Å². The van der Waals surface area contributed by atoms with Crippen LogP contribution in [-0.4, -0.2) is 63.0 Å². The number of aromatic nitrogens is 1. The third-order valence-corrected chi connectivity index (χ3v) is 10.8. The molecule has 0 radical (unpaired) electrons. The summed E-state index contributed by atoms with van der Waals surface area (Å²) in [6.45, 7) is 15.4. The number of allylic oxidation sites excluding steroid dienone is 7. The number of aliphatic imine (C=N–C) groups is 2. The van der Waals surface area contributed by atoms with Gasteiger partial charge in [-0.1, -0.05) is 31.7 Å². The highest BCUT2D eigenvalue weighted by atomic mass is 17.2. The Kier molecular flexibility index (Phi) is 9.77. The van der Waals surface area contributed by atoms with E-state index >= 15 is 0 Å². The van der Waals surface area contributed by atoms with Gasteiger partial charge < -0.3 is 15.0 Å². The second-order valence-corrected chi connectivity index (χ2v) is 13.2. The fourth-order valence-electron chi connectivity index (χ4n) is 7.61. The maximum absolute atomic E-state index is 12.2. The monoisotopic (exact) mass is 666 g/mol. The molecule has 1 aromatic rings. The lowest BCUT2D eigenvalue weighted by atomic mass is 9.64. The molecule has 258 valence electrons. The van der Waals surface area contributed by atoms with Crippen molar-refractivity contribution >= 4 is 29.5 Å². The molecule has 5 aliphatic rings. The third kappa shape index (κ3) is 6.07. The van der Waals surface area contributed by atoms with Gasteiger partial charge in [-0.3, -0.25) is 9.79 Å². The molecule has 0 spiro atoms. The number of aromatic amines is 1. The summed E-state index contributed by atoms with van der Waals surface area (Å²) in [6.07, 6.45) is 15.6. The molecule has 0 saturated heterocycles. The molecule has 4 unspecified atom stereocenters. The van der Waals surface area contributed by atoms with Gasteiger partial charge in [0.05, 0.1) is 56.8 Å². The zero-order valence-electron chi connectivity index (χ0n) is 29.7. The Balaban J connectivity index is 1.61. The van der Waals surface area contributed by atoms with Gasteiger partial charge >= 0.3 is 5.97 Å². The van der Waals surface area contributed by atoms with Crippen LogP contribution in [0.5, 0.6) is 0 Å². The number of fused-ring (bicyclic) bond motifs is 9. The first-order valence-corrected chi connectivity index (χ1v) is 16.7. The summed E-state index contributed by atoms with van der Waals surface area (Å²) < 4.78 is 4.99. The molecular weight excluding hydrogens is 620 g/mol. The number of esters is 1. The maximum atomic E-state index is 12.2. The summed E-state index contributed by atoms with van der Waals surface area (Å²) in [5, 5.41) is 5.72. The van der Waals surface area contributed by atoms with Gasteiger partial charge in [0.25, 0.3) is 0 Å². The quantitative estimate of drug-likeness (QED) is 0.209. The first-order valence-electron chi connectivity index (χ1n) is 16.7. The van der Waals surface area contributed by atoms with Crippen LogP contribution >= 0.6 is 0 Å². The van der Waals surface area contributed by atoms with Crippen LogP contribution in [0.25, 0.3) is 12.2 Å². The van der Waals surface area contributed by atoms with Crippen LogP contribution < -0.4 is 16.0 Å². The molecule has 1 aromatic heterocycles. The van der Waals surface area contributed by atoms with E-state index in [1.165, 1.54) is 26.9 Å². The van der Waals surface area contributed by atoms with Gasteiger partial charge in [0.15, 0.2) is 0 Å². The van der Waals surface area contributed by atoms with E-state index in [4.69, 9.17) is 34.3 Å². The van der Waals surface area contributed by atoms with Crippen LogP contribution in [0.2, 0.25) is 0 Å². The lowest BCUT2D eigenvalue weighted by molar-refractivity contribution is -0.285. The van der Waals surface area contributed by atoms with Gasteiger partial charge in [0.2, 0.25) is 0 Å². The molecule has 1 aliphatic carbocycles. The average molecular weight is 667 g/mol. The van der Waals surface area contributed by atoms with Crippen LogP contribution in [0.15, 0.2) is 91.9 Å². The molecule has 8 bridgehead atoms. The van der Waals surface area contributed by atoms with Crippen molar-refractivity contribution in [3.63, 3.8) is 0 Å². The zero-order chi connectivity index (χ0) is 35.0. The van der Waals surface area contributed by atoms with E-state index in [9.17, 15) is 4.79 Å². The molecule has 49 heavy (non-hydrogen) atoms. The number of nitrogens with one attached hydrogen (secondary N) is 2. The molecule has 5 heterocycles. The van der Waals surface area contributed by atoms with Crippen LogP contribution in [0, 0.1) is 31.1 Å². The van der Waals surface area contributed by atoms with Crippen molar-refractivity contribution in [3.05, 3.63) is 104 Å². The summed E-state index contributed by atoms with van der Waals surface area (Å²) in [6, 6.07) is -0.0393. The minimum atomic E-state index is -0.592. The highest BCUT2D eigenvalue weighted by molar-refractivity contribution is 6.20. The Hall–Kier alpha value is -4.35. The van der Waals surface area contributed by atoms with E-state index in [1.54, 1.807) is 0 Å². The largest absolute Gasteiger partial charge is 0.469 e. The molecule has 10 heteroatoms. The molecule has 0 fully saturated rings. The van der Waals surface area contributed by atoms with Crippen molar-refractivity contribution in [3.8, 4) is 0 Å². The van der Waals surface area contributed by atoms with E-state index < -0.39 is 5.41 Å². The summed E-state index contributed by atoms with van der Waals surface area (Å²) in [5.74, 6) is -0.275. The SMILES string of the molecule is C=CC1=C(C)C2=NC/1=C\C1NC(=C(CCC(=O)OC)C1C)/C=c1\[nH]/c(c(C)c1C)=C\C1=NC(=C\2)/C2=CC=C(COOC)C(COOC)C21C. The molecule has 10 nitrogen and oxygen atoms in total. The summed E-state index contributed by atoms with van der Waals surface area (Å²) in [7, 11) is 4.45. The van der Waals surface area contributed by atoms with Crippen LogP contribution in [-0.2, 0) is 29.1 Å². The average Bonchev–Trinajstić information content (AvgIpc) is 3.73. The Morgan fingerprint density at radius 2 is 1.73 bits per heavy atom. The van der Waals surface area contributed by atoms with Gasteiger partial charge in [-0.2, -0.15) is 0 Å². The van der Waals surface area contributed by atoms with Gasteiger partial charge in [0, 0.05) is 45.6 Å². The molecule has 4 aliphatic heterocycles. The van der Waals surface area contributed by atoms with Crippen molar-refractivity contribution in [1.29, 1.82) is 0 Å². The number of hydrogen-bond acceptors (Lipinski definition) is 9. The molecule has 4 atom stereocenters. The van der Waals surface area contributed by atoms with Crippen LogP contribution in [0.4, 0.5) is 0 Å². The summed E-state index contributed by atoms with van der Waals surface area (Å²) in [5.41, 5.74) is 11.3. The number of methoxy groups -OCH3 is 1. The highest BCUT2D eigenvalue weighted by Crippen LogP contribution is 2.52. The number of ether oxygens (including phenoxy) is 1. The number of carbonyl (C=O) groups is 1. The lowest BCUT2D eigenvalue weighted by Crippen LogP contribution is -2.41. The lowest BCUT2D eigenvalue weighted by Gasteiger charge is -2.39. The predicted molar refractivity (Wildman–Crippen MR) is 190 cm³/mol. The molecule has 2 N–H and O–H groups in total. The second kappa shape index (κ2) is 13.9. The number of nitrogens with zero attached hydrogens (tertiary/aromatic N) is 2. The highest BCUT2D eigenvalue weighted by Gasteiger charge is 2.50. The Bertz CT molecular complexity index is 1970. The maximum Gasteiger partial charge on any atom is 0.305 e. The molecule has 0 saturated carbocycles. The van der Waals surface area contributed by atoms with Crippen LogP contribution in [0.1, 0.15) is 44.7 Å². The van der Waals surface area contributed by atoms with Gasteiger partial charge in [-0.05, 0) is 91.8 Å². The molecular formula is C39H46N4O6. The predicted octanol–water partition coefficient (Wildman–Crippen LogP) is 4.85. The molecule has 0 amide bonds. The van der Waals surface area contributed by atoms with Gasteiger partial charge in [-0.15, -0.1) is 0 Å². The third-order valence-electron chi connectivity index (χ3n) is 10.8. The van der Waals surface area contributed by atoms with Gasteiger partial charge in [0.1, 0.15) is 6.61 Å².